The van der Waals surface area contributed by atoms with Crippen molar-refractivity contribution in [1.29, 1.82) is 0 Å². The Bertz CT molecular complexity index is 953. The third-order valence-electron chi connectivity index (χ3n) is 3.95. The van der Waals surface area contributed by atoms with Crippen molar-refractivity contribution in [3.63, 3.8) is 0 Å². The highest BCUT2D eigenvalue weighted by molar-refractivity contribution is 8.13. The van der Waals surface area contributed by atoms with Crippen molar-refractivity contribution in [2.24, 2.45) is 0 Å². The van der Waals surface area contributed by atoms with Gasteiger partial charge in [-0.1, -0.05) is 26.8 Å². The number of halogens is 4. The highest BCUT2D eigenvalue weighted by Gasteiger charge is 2.38. The summed E-state index contributed by atoms with van der Waals surface area (Å²) in [5.41, 5.74) is 1.31. The van der Waals surface area contributed by atoms with Gasteiger partial charge < -0.3 is 4.90 Å². The van der Waals surface area contributed by atoms with Crippen LogP contribution in [0.2, 0.25) is 0 Å². The summed E-state index contributed by atoms with van der Waals surface area (Å²) in [6.07, 6.45) is -4.28. The Morgan fingerprint density at radius 2 is 1.85 bits per heavy atom. The van der Waals surface area contributed by atoms with E-state index in [4.69, 9.17) is 10.7 Å². The first-order valence-electron chi connectivity index (χ1n) is 8.10. The lowest BCUT2D eigenvalue weighted by Gasteiger charge is -2.19. The zero-order chi connectivity index (χ0) is 20.7. The van der Waals surface area contributed by atoms with E-state index < -0.39 is 21.1 Å². The molecule has 27 heavy (non-hydrogen) atoms. The Balaban J connectivity index is 2.88. The van der Waals surface area contributed by atoms with Crippen LogP contribution in [0.4, 0.5) is 19.1 Å². The van der Waals surface area contributed by atoms with Crippen LogP contribution in [0, 0.1) is 0 Å². The van der Waals surface area contributed by atoms with Gasteiger partial charge in [-0.05, 0) is 29.5 Å². The molecular weight excluding hydrogens is 405 g/mol. The molecule has 0 bridgehead atoms. The summed E-state index contributed by atoms with van der Waals surface area (Å²) in [6, 6.07) is 2.90. The molecule has 150 valence electrons. The van der Waals surface area contributed by atoms with Gasteiger partial charge in [0.25, 0.3) is 14.9 Å². The predicted octanol–water partition coefficient (Wildman–Crippen LogP) is 3.97. The van der Waals surface area contributed by atoms with Crippen LogP contribution in [0.1, 0.15) is 43.6 Å². The van der Waals surface area contributed by atoms with Crippen molar-refractivity contribution < 1.29 is 21.6 Å². The molecular formula is C16H20ClF3N4O2S. The van der Waals surface area contributed by atoms with Crippen LogP contribution in [0.25, 0.3) is 5.69 Å². The lowest BCUT2D eigenvalue weighted by Crippen LogP contribution is -2.17. The zero-order valence-corrected chi connectivity index (χ0v) is 17.0. The van der Waals surface area contributed by atoms with Crippen molar-refractivity contribution in [1.82, 2.24) is 14.8 Å². The minimum atomic E-state index is -4.73. The summed E-state index contributed by atoms with van der Waals surface area (Å²) in [4.78, 5) is 4.77. The Labute approximate surface area is 160 Å². The minimum absolute atomic E-state index is 0.0766. The number of nitrogens with zero attached hydrogens (tertiary/aromatic N) is 4. The van der Waals surface area contributed by atoms with Gasteiger partial charge >= 0.3 is 6.18 Å². The summed E-state index contributed by atoms with van der Waals surface area (Å²) in [5.74, 6) is -1.54. The second kappa shape index (κ2) is 7.31. The van der Waals surface area contributed by atoms with Gasteiger partial charge in [-0.15, -0.1) is 5.10 Å². The second-order valence-electron chi connectivity index (χ2n) is 6.50. The van der Waals surface area contributed by atoms with Gasteiger partial charge in [-0.2, -0.15) is 22.8 Å². The van der Waals surface area contributed by atoms with E-state index in [2.05, 4.69) is 10.1 Å². The maximum Gasteiger partial charge on any atom is 0.453 e. The first kappa shape index (κ1) is 21.5. The number of benzene rings is 1. The van der Waals surface area contributed by atoms with Crippen LogP contribution >= 0.6 is 10.7 Å². The van der Waals surface area contributed by atoms with Crippen LogP contribution in [0.15, 0.2) is 17.0 Å². The van der Waals surface area contributed by atoms with Crippen LogP contribution in [0.5, 0.6) is 0 Å². The molecule has 0 saturated heterocycles. The summed E-state index contributed by atoms with van der Waals surface area (Å²) in [5, 5.41) is 3.58. The van der Waals surface area contributed by atoms with Crippen LogP contribution in [-0.4, -0.2) is 37.3 Å². The van der Waals surface area contributed by atoms with Gasteiger partial charge in [0.15, 0.2) is 0 Å². The molecule has 1 heterocycles. The summed E-state index contributed by atoms with van der Waals surface area (Å²) >= 11 is 0. The molecule has 0 N–H and O–H groups in total. The van der Waals surface area contributed by atoms with E-state index in [9.17, 15) is 21.6 Å². The van der Waals surface area contributed by atoms with E-state index >= 15 is 0 Å². The molecule has 0 amide bonds. The van der Waals surface area contributed by atoms with Crippen LogP contribution in [0.3, 0.4) is 0 Å². The first-order chi connectivity index (χ1) is 12.3. The lowest BCUT2D eigenvalue weighted by atomic mass is 9.98. The standard InChI is InChI=1S/C16H20ClF3N4O2S/c1-6-10-7-11(9(2)3)13(27(17,25)26)8-12(10)24-15(23(4)5)21-14(22-24)16(18,19)20/h7-9H,6H2,1-5H3. The zero-order valence-electron chi connectivity index (χ0n) is 15.5. The molecule has 1 aromatic carbocycles. The number of hydrogen-bond acceptors (Lipinski definition) is 5. The molecule has 6 nitrogen and oxygen atoms in total. The van der Waals surface area contributed by atoms with Gasteiger partial charge in [0.2, 0.25) is 5.95 Å². The number of aryl methyl sites for hydroxylation is 1. The number of alkyl halides is 3. The molecule has 0 atom stereocenters. The minimum Gasteiger partial charge on any atom is -0.347 e. The molecule has 0 unspecified atom stereocenters. The summed E-state index contributed by atoms with van der Waals surface area (Å²) in [6.45, 7) is 5.43. The van der Waals surface area contributed by atoms with Gasteiger partial charge in [-0.3, -0.25) is 0 Å². The highest BCUT2D eigenvalue weighted by atomic mass is 35.7. The predicted molar refractivity (Wildman–Crippen MR) is 97.2 cm³/mol. The smallest absolute Gasteiger partial charge is 0.347 e. The third kappa shape index (κ3) is 4.37. The topological polar surface area (TPSA) is 68.1 Å². The lowest BCUT2D eigenvalue weighted by molar-refractivity contribution is -0.144. The first-order valence-corrected chi connectivity index (χ1v) is 10.4. The maximum absolute atomic E-state index is 13.1. The van der Waals surface area contributed by atoms with Crippen LogP contribution in [-0.2, 0) is 21.6 Å². The van der Waals surface area contributed by atoms with Gasteiger partial charge in [-0.25, -0.2) is 8.42 Å². The van der Waals surface area contributed by atoms with E-state index in [-0.39, 0.29) is 22.4 Å². The van der Waals surface area contributed by atoms with Gasteiger partial charge in [0.1, 0.15) is 0 Å². The van der Waals surface area contributed by atoms with Crippen molar-refractivity contribution in [2.45, 2.75) is 44.2 Å². The molecule has 1 aromatic heterocycles. The molecule has 0 saturated carbocycles. The number of hydrogen-bond donors (Lipinski definition) is 0. The maximum atomic E-state index is 13.1. The van der Waals surface area contributed by atoms with E-state index in [1.807, 2.05) is 20.8 Å². The monoisotopic (exact) mass is 424 g/mol. The fourth-order valence-electron chi connectivity index (χ4n) is 2.65. The Morgan fingerprint density at radius 3 is 2.26 bits per heavy atom. The van der Waals surface area contributed by atoms with Crippen molar-refractivity contribution >= 4 is 25.7 Å². The van der Waals surface area contributed by atoms with Crippen molar-refractivity contribution in [3.8, 4) is 5.69 Å². The molecule has 0 aliphatic carbocycles. The number of aromatic nitrogens is 3. The van der Waals surface area contributed by atoms with E-state index in [1.165, 1.54) is 25.1 Å². The van der Waals surface area contributed by atoms with E-state index in [0.29, 0.717) is 17.5 Å². The van der Waals surface area contributed by atoms with E-state index in [1.54, 1.807) is 6.07 Å². The molecule has 11 heteroatoms. The largest absolute Gasteiger partial charge is 0.453 e. The van der Waals surface area contributed by atoms with Crippen LogP contribution < -0.4 is 4.90 Å². The average molecular weight is 425 g/mol. The molecule has 0 radical (unpaired) electrons. The van der Waals surface area contributed by atoms with Gasteiger partial charge in [0, 0.05) is 24.8 Å². The molecule has 0 fully saturated rings. The van der Waals surface area contributed by atoms with Crippen molar-refractivity contribution in [3.05, 3.63) is 29.1 Å². The summed E-state index contributed by atoms with van der Waals surface area (Å²) < 4.78 is 64.4. The Kier molecular flexibility index (Phi) is 5.82. The molecule has 0 aliphatic rings. The normalized spacial score (nSPS) is 12.7. The quantitative estimate of drug-likeness (QED) is 0.679. The van der Waals surface area contributed by atoms with E-state index in [0.717, 1.165) is 4.68 Å². The fraction of sp³-hybridized carbons (Fsp3) is 0.500. The molecule has 2 aromatic rings. The number of rotatable bonds is 5. The molecule has 0 spiro atoms. The Hall–Kier alpha value is -1.81. The Morgan fingerprint density at radius 1 is 1.26 bits per heavy atom. The van der Waals surface area contributed by atoms with Gasteiger partial charge in [0.05, 0.1) is 10.6 Å². The third-order valence-corrected chi connectivity index (χ3v) is 5.33. The van der Waals surface area contributed by atoms with Crippen molar-refractivity contribution in [2.75, 3.05) is 19.0 Å². The molecule has 2 rings (SSSR count). The fourth-order valence-corrected chi connectivity index (χ4v) is 3.88. The second-order valence-corrected chi connectivity index (χ2v) is 9.04. The average Bonchev–Trinajstić information content (AvgIpc) is 2.98. The highest BCUT2D eigenvalue weighted by Crippen LogP contribution is 2.34. The SMILES string of the molecule is CCc1cc(C(C)C)c(S(=O)(=O)Cl)cc1-n1nc(C(F)(F)F)nc1N(C)C. The summed E-state index contributed by atoms with van der Waals surface area (Å²) in [7, 11) is 4.51. The number of anilines is 1. The molecule has 0 aliphatic heterocycles.